The monoisotopic (exact) mass is 141 g/mol. The second-order valence-electron chi connectivity index (χ2n) is 2.53. The zero-order chi connectivity index (χ0) is 7.56. The van der Waals surface area contributed by atoms with Gasteiger partial charge >= 0.3 is 0 Å². The Morgan fingerprint density at radius 3 is 3.10 bits per heavy atom. The van der Waals surface area contributed by atoms with Gasteiger partial charge in [0.15, 0.2) is 0 Å². The molecule has 0 fully saturated rings. The highest BCUT2D eigenvalue weighted by Gasteiger charge is 2.18. The predicted molar refractivity (Wildman–Crippen MR) is 36.4 cm³/mol. The summed E-state index contributed by atoms with van der Waals surface area (Å²) < 4.78 is 0. The molecule has 0 spiro atoms. The van der Waals surface area contributed by atoms with E-state index in [9.17, 15) is 4.79 Å². The first-order valence-corrected chi connectivity index (χ1v) is 3.37. The Labute approximate surface area is 59.9 Å². The first-order valence-electron chi connectivity index (χ1n) is 3.37. The summed E-state index contributed by atoms with van der Waals surface area (Å²) in [4.78, 5) is 11.0. The summed E-state index contributed by atoms with van der Waals surface area (Å²) in [6, 6.07) is 0. The molecule has 0 radical (unpaired) electrons. The van der Waals surface area contributed by atoms with Crippen molar-refractivity contribution in [2.45, 2.75) is 13.3 Å². The lowest BCUT2D eigenvalue weighted by atomic mass is 10.1. The van der Waals surface area contributed by atoms with Gasteiger partial charge < -0.3 is 0 Å². The van der Waals surface area contributed by atoms with Gasteiger partial charge in [-0.05, 0) is 6.42 Å². The zero-order valence-corrected chi connectivity index (χ0v) is 5.95. The Kier molecular flexibility index (Phi) is 2.06. The molecule has 0 aromatic carbocycles. The van der Waals surface area contributed by atoms with Gasteiger partial charge in [-0.3, -0.25) is 10.0 Å². The van der Waals surface area contributed by atoms with Gasteiger partial charge in [-0.25, -0.2) is 5.06 Å². The van der Waals surface area contributed by atoms with Crippen molar-refractivity contribution in [3.8, 4) is 0 Å². The van der Waals surface area contributed by atoms with Gasteiger partial charge in [0, 0.05) is 5.92 Å². The average molecular weight is 141 g/mol. The number of nitrogens with zero attached hydrogens (tertiary/aromatic N) is 1. The van der Waals surface area contributed by atoms with Crippen LogP contribution >= 0.6 is 0 Å². The molecule has 0 saturated heterocycles. The fourth-order valence-electron chi connectivity index (χ4n) is 0.920. The van der Waals surface area contributed by atoms with Crippen molar-refractivity contribution in [3.63, 3.8) is 0 Å². The lowest BCUT2D eigenvalue weighted by Gasteiger charge is -2.13. The molecule has 1 unspecified atom stereocenters. The van der Waals surface area contributed by atoms with Crippen LogP contribution in [0.4, 0.5) is 0 Å². The van der Waals surface area contributed by atoms with Gasteiger partial charge in [-0.15, -0.1) is 0 Å². The number of rotatable bonds is 0. The quantitative estimate of drug-likeness (QED) is 0.400. The van der Waals surface area contributed by atoms with E-state index >= 15 is 0 Å². The summed E-state index contributed by atoms with van der Waals surface area (Å²) in [5.41, 5.74) is 0. The molecule has 56 valence electrons. The number of amides is 1. The number of allylic oxidation sites excluding steroid dienone is 1. The highest BCUT2D eigenvalue weighted by Crippen LogP contribution is 2.09. The van der Waals surface area contributed by atoms with Crippen LogP contribution in [0.5, 0.6) is 0 Å². The van der Waals surface area contributed by atoms with Gasteiger partial charge in [0.25, 0.3) is 0 Å². The summed E-state index contributed by atoms with van der Waals surface area (Å²) in [7, 11) is 0. The van der Waals surface area contributed by atoms with E-state index < -0.39 is 0 Å². The largest absolute Gasteiger partial charge is 0.286 e. The van der Waals surface area contributed by atoms with E-state index in [0.29, 0.717) is 6.54 Å². The van der Waals surface area contributed by atoms with Crippen LogP contribution in [0.1, 0.15) is 13.3 Å². The molecule has 1 amide bonds. The predicted octanol–water partition coefficient (Wildman–Crippen LogP) is 0.800. The molecular weight excluding hydrogens is 130 g/mol. The molecular formula is C7H11NO2. The third kappa shape index (κ3) is 1.36. The molecule has 1 aliphatic heterocycles. The van der Waals surface area contributed by atoms with Gasteiger partial charge in [-0.2, -0.15) is 0 Å². The van der Waals surface area contributed by atoms with Crippen LogP contribution in [0.15, 0.2) is 12.2 Å². The van der Waals surface area contributed by atoms with Gasteiger partial charge in [0.1, 0.15) is 0 Å². The topological polar surface area (TPSA) is 40.5 Å². The van der Waals surface area contributed by atoms with Crippen molar-refractivity contribution < 1.29 is 10.0 Å². The Bertz CT molecular complexity index is 149. The molecule has 0 bridgehead atoms. The van der Waals surface area contributed by atoms with Crippen LogP contribution in [-0.2, 0) is 4.79 Å². The Morgan fingerprint density at radius 2 is 2.40 bits per heavy atom. The van der Waals surface area contributed by atoms with Crippen molar-refractivity contribution in [3.05, 3.63) is 12.2 Å². The van der Waals surface area contributed by atoms with Crippen LogP contribution < -0.4 is 0 Å². The fraction of sp³-hybridized carbons (Fsp3) is 0.571. The number of hydroxylamine groups is 2. The van der Waals surface area contributed by atoms with Crippen molar-refractivity contribution in [1.82, 2.24) is 5.06 Å². The Balaban J connectivity index is 2.65. The van der Waals surface area contributed by atoms with E-state index in [1.165, 1.54) is 0 Å². The second kappa shape index (κ2) is 2.84. The van der Waals surface area contributed by atoms with Gasteiger partial charge in [0.2, 0.25) is 5.91 Å². The SMILES string of the molecule is CC1CC=CCN(O)C1=O. The molecule has 0 aromatic rings. The van der Waals surface area contributed by atoms with E-state index in [-0.39, 0.29) is 11.8 Å². The standard InChI is InChI=1S/C7H11NO2/c1-6-4-2-3-5-8(10)7(6)9/h2-3,6,10H,4-5H2,1H3. The molecule has 3 heteroatoms. The van der Waals surface area contributed by atoms with Crippen LogP contribution in [-0.4, -0.2) is 22.7 Å². The minimum absolute atomic E-state index is 0.0799. The number of hydrogen-bond donors (Lipinski definition) is 1. The van der Waals surface area contributed by atoms with Crippen molar-refractivity contribution >= 4 is 5.91 Å². The van der Waals surface area contributed by atoms with E-state index in [4.69, 9.17) is 5.21 Å². The summed E-state index contributed by atoms with van der Waals surface area (Å²) in [6.45, 7) is 2.13. The van der Waals surface area contributed by atoms with Crippen LogP contribution in [0.2, 0.25) is 0 Å². The molecule has 1 heterocycles. The van der Waals surface area contributed by atoms with Crippen LogP contribution in [0, 0.1) is 5.92 Å². The maximum Gasteiger partial charge on any atom is 0.249 e. The highest BCUT2D eigenvalue weighted by molar-refractivity contribution is 5.77. The van der Waals surface area contributed by atoms with Crippen LogP contribution in [0.25, 0.3) is 0 Å². The van der Waals surface area contributed by atoms with Crippen molar-refractivity contribution in [2.24, 2.45) is 5.92 Å². The molecule has 3 nitrogen and oxygen atoms in total. The molecule has 0 aromatic heterocycles. The number of hydrogen-bond acceptors (Lipinski definition) is 2. The van der Waals surface area contributed by atoms with E-state index in [1.54, 1.807) is 13.0 Å². The number of carbonyl (C=O) groups is 1. The Hall–Kier alpha value is -0.830. The molecule has 0 aliphatic carbocycles. The number of carbonyl (C=O) groups excluding carboxylic acids is 1. The first kappa shape index (κ1) is 7.28. The first-order chi connectivity index (χ1) is 4.72. The smallest absolute Gasteiger partial charge is 0.249 e. The molecule has 0 saturated carbocycles. The molecule has 1 rings (SSSR count). The summed E-state index contributed by atoms with van der Waals surface area (Å²) in [6.07, 6.45) is 4.44. The molecule has 10 heavy (non-hydrogen) atoms. The zero-order valence-electron chi connectivity index (χ0n) is 5.95. The lowest BCUT2D eigenvalue weighted by Crippen LogP contribution is -2.30. The van der Waals surface area contributed by atoms with Crippen LogP contribution in [0.3, 0.4) is 0 Å². The maximum atomic E-state index is 11.0. The third-order valence-corrected chi connectivity index (χ3v) is 1.61. The lowest BCUT2D eigenvalue weighted by molar-refractivity contribution is -0.166. The fourth-order valence-corrected chi connectivity index (χ4v) is 0.920. The average Bonchev–Trinajstić information content (AvgIpc) is 2.04. The van der Waals surface area contributed by atoms with Gasteiger partial charge in [-0.1, -0.05) is 19.1 Å². The van der Waals surface area contributed by atoms with Gasteiger partial charge in [0.05, 0.1) is 6.54 Å². The second-order valence-corrected chi connectivity index (χ2v) is 2.53. The molecule has 1 aliphatic rings. The summed E-state index contributed by atoms with van der Waals surface area (Å²) in [5.74, 6) is -0.270. The normalized spacial score (nSPS) is 26.8. The summed E-state index contributed by atoms with van der Waals surface area (Å²) >= 11 is 0. The van der Waals surface area contributed by atoms with E-state index in [0.717, 1.165) is 11.5 Å². The third-order valence-electron chi connectivity index (χ3n) is 1.61. The van der Waals surface area contributed by atoms with Crippen molar-refractivity contribution in [1.29, 1.82) is 0 Å². The molecule has 1 atom stereocenters. The summed E-state index contributed by atoms with van der Waals surface area (Å²) in [5, 5.41) is 9.72. The highest BCUT2D eigenvalue weighted by atomic mass is 16.5. The van der Waals surface area contributed by atoms with E-state index in [1.807, 2.05) is 6.08 Å². The van der Waals surface area contributed by atoms with E-state index in [2.05, 4.69) is 0 Å². The molecule has 1 N–H and O–H groups in total. The Morgan fingerprint density at radius 1 is 1.70 bits per heavy atom. The maximum absolute atomic E-state index is 11.0. The van der Waals surface area contributed by atoms with Crippen molar-refractivity contribution in [2.75, 3.05) is 6.54 Å². The minimum atomic E-state index is -0.190. The minimum Gasteiger partial charge on any atom is -0.286 e.